The Labute approximate surface area is 107 Å². The van der Waals surface area contributed by atoms with Crippen molar-refractivity contribution in [3.8, 4) is 0 Å². The molecule has 1 aromatic rings. The Morgan fingerprint density at radius 1 is 1.61 bits per heavy atom. The lowest BCUT2D eigenvalue weighted by Gasteiger charge is -2.20. The molecule has 1 heterocycles. The average Bonchev–Trinajstić information content (AvgIpc) is 2.98. The van der Waals surface area contributed by atoms with Gasteiger partial charge >= 0.3 is 0 Å². The molecule has 6 heteroatoms. The average molecular weight is 251 g/mol. The van der Waals surface area contributed by atoms with Gasteiger partial charge in [0.1, 0.15) is 6.54 Å². The zero-order chi connectivity index (χ0) is 13.0. The molecule has 1 amide bonds. The van der Waals surface area contributed by atoms with Crippen molar-refractivity contribution in [2.24, 2.45) is 11.7 Å². The van der Waals surface area contributed by atoms with Gasteiger partial charge in [-0.3, -0.25) is 4.79 Å². The maximum Gasteiger partial charge on any atom is 0.242 e. The smallest absolute Gasteiger partial charge is 0.242 e. The minimum absolute atomic E-state index is 0.0112. The van der Waals surface area contributed by atoms with Crippen molar-refractivity contribution < 1.29 is 4.79 Å². The van der Waals surface area contributed by atoms with E-state index in [2.05, 4.69) is 22.6 Å². The van der Waals surface area contributed by atoms with Crippen molar-refractivity contribution in [2.45, 2.75) is 51.7 Å². The standard InChI is InChI=1S/C12H21N5O/c1-9(10-4-2-3-5-10)14-12(18)8-17-7-11(6-13)15-16-17/h7,9-10H,2-6,8,13H2,1H3,(H,14,18)/t9-/m1/s1. The van der Waals surface area contributed by atoms with Gasteiger partial charge in [0, 0.05) is 12.6 Å². The predicted octanol–water partition coefficient (Wildman–Crippen LogP) is 0.432. The number of nitrogens with zero attached hydrogens (tertiary/aromatic N) is 3. The lowest BCUT2D eigenvalue weighted by molar-refractivity contribution is -0.122. The minimum atomic E-state index is -0.0112. The quantitative estimate of drug-likeness (QED) is 0.794. The van der Waals surface area contributed by atoms with Crippen molar-refractivity contribution >= 4 is 5.91 Å². The SMILES string of the molecule is C[C@@H](NC(=O)Cn1cc(CN)nn1)C1CCCC1. The third-order valence-electron chi connectivity index (χ3n) is 3.60. The van der Waals surface area contributed by atoms with Crippen LogP contribution in [0.25, 0.3) is 0 Å². The molecule has 1 atom stereocenters. The summed E-state index contributed by atoms with van der Waals surface area (Å²) < 4.78 is 1.53. The first-order valence-electron chi connectivity index (χ1n) is 6.57. The molecule has 3 N–H and O–H groups in total. The summed E-state index contributed by atoms with van der Waals surface area (Å²) in [7, 11) is 0. The van der Waals surface area contributed by atoms with Crippen LogP contribution in [0, 0.1) is 5.92 Å². The second kappa shape index (κ2) is 5.95. The Morgan fingerprint density at radius 3 is 2.94 bits per heavy atom. The topological polar surface area (TPSA) is 85.8 Å². The van der Waals surface area contributed by atoms with Crippen LogP contribution >= 0.6 is 0 Å². The fraction of sp³-hybridized carbons (Fsp3) is 0.750. The lowest BCUT2D eigenvalue weighted by atomic mass is 10.00. The zero-order valence-electron chi connectivity index (χ0n) is 10.8. The Bertz CT molecular complexity index is 397. The van der Waals surface area contributed by atoms with Crippen molar-refractivity contribution in [3.63, 3.8) is 0 Å². The third kappa shape index (κ3) is 3.29. The summed E-state index contributed by atoms with van der Waals surface area (Å²) in [6.07, 6.45) is 6.73. The molecule has 100 valence electrons. The van der Waals surface area contributed by atoms with Crippen LogP contribution in [0.3, 0.4) is 0 Å². The van der Waals surface area contributed by atoms with Crippen molar-refractivity contribution in [1.82, 2.24) is 20.3 Å². The van der Waals surface area contributed by atoms with Gasteiger partial charge in [-0.05, 0) is 25.7 Å². The molecule has 0 bridgehead atoms. The van der Waals surface area contributed by atoms with E-state index in [1.807, 2.05) is 0 Å². The van der Waals surface area contributed by atoms with E-state index in [-0.39, 0.29) is 18.5 Å². The summed E-state index contributed by atoms with van der Waals surface area (Å²) in [6.45, 7) is 2.64. The van der Waals surface area contributed by atoms with Gasteiger partial charge in [0.2, 0.25) is 5.91 Å². The Kier molecular flexibility index (Phi) is 4.30. The summed E-state index contributed by atoms with van der Waals surface area (Å²) in [6, 6.07) is 0.248. The Balaban J connectivity index is 1.80. The first kappa shape index (κ1) is 13.0. The number of nitrogens with two attached hydrogens (primary N) is 1. The van der Waals surface area contributed by atoms with E-state index in [9.17, 15) is 4.79 Å². The van der Waals surface area contributed by atoms with Gasteiger partial charge in [-0.1, -0.05) is 18.1 Å². The first-order valence-corrected chi connectivity index (χ1v) is 6.57. The van der Waals surface area contributed by atoms with E-state index in [4.69, 9.17) is 5.73 Å². The normalized spacial score (nSPS) is 17.9. The monoisotopic (exact) mass is 251 g/mol. The first-order chi connectivity index (χ1) is 8.69. The largest absolute Gasteiger partial charge is 0.352 e. The van der Waals surface area contributed by atoms with Crippen LogP contribution in [-0.2, 0) is 17.9 Å². The molecule has 6 nitrogen and oxygen atoms in total. The van der Waals surface area contributed by atoms with E-state index in [1.54, 1.807) is 6.20 Å². The van der Waals surface area contributed by atoms with Crippen LogP contribution < -0.4 is 11.1 Å². The number of hydrogen-bond acceptors (Lipinski definition) is 4. The van der Waals surface area contributed by atoms with Gasteiger partial charge < -0.3 is 11.1 Å². The van der Waals surface area contributed by atoms with Crippen molar-refractivity contribution in [3.05, 3.63) is 11.9 Å². The second-order valence-corrected chi connectivity index (χ2v) is 5.01. The molecule has 1 fully saturated rings. The van der Waals surface area contributed by atoms with Gasteiger partial charge in [0.15, 0.2) is 0 Å². The summed E-state index contributed by atoms with van der Waals surface area (Å²) in [5.41, 5.74) is 6.14. The van der Waals surface area contributed by atoms with Crippen LogP contribution in [0.5, 0.6) is 0 Å². The van der Waals surface area contributed by atoms with E-state index >= 15 is 0 Å². The minimum Gasteiger partial charge on any atom is -0.352 e. The zero-order valence-corrected chi connectivity index (χ0v) is 10.8. The molecular formula is C12H21N5O. The van der Waals surface area contributed by atoms with E-state index in [0.717, 1.165) is 0 Å². The molecule has 1 saturated carbocycles. The van der Waals surface area contributed by atoms with Crippen molar-refractivity contribution in [2.75, 3.05) is 0 Å². The highest BCUT2D eigenvalue weighted by molar-refractivity contribution is 5.75. The highest BCUT2D eigenvalue weighted by Gasteiger charge is 2.22. The molecule has 1 aromatic heterocycles. The molecule has 2 rings (SSSR count). The summed E-state index contributed by atoms with van der Waals surface area (Å²) >= 11 is 0. The van der Waals surface area contributed by atoms with Crippen molar-refractivity contribution in [1.29, 1.82) is 0 Å². The highest BCUT2D eigenvalue weighted by Crippen LogP contribution is 2.27. The number of rotatable bonds is 5. The molecule has 18 heavy (non-hydrogen) atoms. The highest BCUT2D eigenvalue weighted by atomic mass is 16.2. The van der Waals surface area contributed by atoms with Gasteiger partial charge in [-0.25, -0.2) is 4.68 Å². The molecule has 0 saturated heterocycles. The maximum absolute atomic E-state index is 11.8. The number of aromatic nitrogens is 3. The predicted molar refractivity (Wildman–Crippen MR) is 67.5 cm³/mol. The molecule has 0 unspecified atom stereocenters. The molecule has 0 radical (unpaired) electrons. The number of carbonyl (C=O) groups excluding carboxylic acids is 1. The molecular weight excluding hydrogens is 230 g/mol. The van der Waals surface area contributed by atoms with Gasteiger partial charge in [-0.15, -0.1) is 5.10 Å². The lowest BCUT2D eigenvalue weighted by Crippen LogP contribution is -2.39. The van der Waals surface area contributed by atoms with Crippen LogP contribution in [0.2, 0.25) is 0 Å². The maximum atomic E-state index is 11.8. The summed E-state index contributed by atoms with van der Waals surface area (Å²) in [5, 5.41) is 10.7. The molecule has 0 spiro atoms. The fourth-order valence-corrected chi connectivity index (χ4v) is 2.53. The summed E-state index contributed by atoms with van der Waals surface area (Å²) in [5.74, 6) is 0.618. The molecule has 1 aliphatic rings. The van der Waals surface area contributed by atoms with Gasteiger partial charge in [0.25, 0.3) is 0 Å². The van der Waals surface area contributed by atoms with Gasteiger partial charge in [0.05, 0.1) is 11.9 Å². The van der Waals surface area contributed by atoms with E-state index in [0.29, 0.717) is 18.2 Å². The number of hydrogen-bond donors (Lipinski definition) is 2. The molecule has 1 aliphatic carbocycles. The van der Waals surface area contributed by atoms with Gasteiger partial charge in [-0.2, -0.15) is 0 Å². The Hall–Kier alpha value is -1.43. The second-order valence-electron chi connectivity index (χ2n) is 5.01. The van der Waals surface area contributed by atoms with E-state index < -0.39 is 0 Å². The number of carbonyl (C=O) groups is 1. The number of nitrogens with one attached hydrogen (secondary N) is 1. The van der Waals surface area contributed by atoms with Crippen LogP contribution in [0.15, 0.2) is 6.20 Å². The summed E-state index contributed by atoms with van der Waals surface area (Å²) in [4.78, 5) is 11.8. The van der Waals surface area contributed by atoms with Crippen LogP contribution in [0.4, 0.5) is 0 Å². The van der Waals surface area contributed by atoms with Crippen LogP contribution in [-0.4, -0.2) is 26.9 Å². The molecule has 0 aliphatic heterocycles. The Morgan fingerprint density at radius 2 is 2.33 bits per heavy atom. The fourth-order valence-electron chi connectivity index (χ4n) is 2.53. The number of amides is 1. The third-order valence-corrected chi connectivity index (χ3v) is 3.60. The molecule has 0 aromatic carbocycles. The van der Waals surface area contributed by atoms with E-state index in [1.165, 1.54) is 30.4 Å². The van der Waals surface area contributed by atoms with Crippen LogP contribution in [0.1, 0.15) is 38.3 Å².